The number of nitrogens with zero attached hydrogens (tertiary/aromatic N) is 5. The number of aromatic nitrogens is 2. The lowest BCUT2D eigenvalue weighted by atomic mass is 10.1. The van der Waals surface area contributed by atoms with Crippen LogP contribution in [0.2, 0.25) is 0 Å². The Kier molecular flexibility index (Phi) is 6.13. The zero-order valence-corrected chi connectivity index (χ0v) is 15.3. The number of nitrogens with one attached hydrogen (secondary N) is 1. The Morgan fingerprint density at radius 3 is 2.48 bits per heavy atom. The van der Waals surface area contributed by atoms with Gasteiger partial charge >= 0.3 is 11.9 Å². The molecule has 0 aliphatic carbocycles. The number of aliphatic hydroxyl groups excluding tert-OH is 1. The average molecular weight is 412 g/mol. The summed E-state index contributed by atoms with van der Waals surface area (Å²) >= 11 is 0. The van der Waals surface area contributed by atoms with E-state index in [1.807, 2.05) is 4.90 Å². The van der Waals surface area contributed by atoms with Crippen molar-refractivity contribution < 1.29 is 23.2 Å². The second-order valence-corrected chi connectivity index (χ2v) is 6.37. The fourth-order valence-electron chi connectivity index (χ4n) is 3.15. The molecule has 1 aromatic heterocycles. The highest BCUT2D eigenvalue weighted by Crippen LogP contribution is 2.38. The van der Waals surface area contributed by atoms with Crippen molar-refractivity contribution in [1.82, 2.24) is 14.9 Å². The van der Waals surface area contributed by atoms with E-state index in [0.717, 1.165) is 12.4 Å². The monoisotopic (exact) mass is 412 g/mol. The summed E-state index contributed by atoms with van der Waals surface area (Å²) in [5.74, 6) is -0.268. The zero-order chi connectivity index (χ0) is 21.0. The Bertz CT molecular complexity index is 872. The molecule has 9 nitrogen and oxygen atoms in total. The van der Waals surface area contributed by atoms with E-state index in [0.29, 0.717) is 32.7 Å². The van der Waals surface area contributed by atoms with Crippen molar-refractivity contribution >= 4 is 23.0 Å². The highest BCUT2D eigenvalue weighted by atomic mass is 19.4. The fourth-order valence-corrected chi connectivity index (χ4v) is 3.15. The van der Waals surface area contributed by atoms with Crippen LogP contribution in [-0.4, -0.2) is 64.2 Å². The van der Waals surface area contributed by atoms with Gasteiger partial charge in [-0.2, -0.15) is 13.2 Å². The van der Waals surface area contributed by atoms with E-state index in [4.69, 9.17) is 5.11 Å². The molecule has 0 bridgehead atoms. The minimum absolute atomic E-state index is 0.0142. The maximum atomic E-state index is 13.2. The van der Waals surface area contributed by atoms with Crippen LogP contribution in [0.25, 0.3) is 0 Å². The number of halogens is 3. The summed E-state index contributed by atoms with van der Waals surface area (Å²) in [6, 6.07) is 4.70. The number of hydrogen-bond donors (Lipinski definition) is 2. The van der Waals surface area contributed by atoms with Gasteiger partial charge in [-0.05, 0) is 12.1 Å². The third kappa shape index (κ3) is 4.71. The van der Waals surface area contributed by atoms with E-state index in [2.05, 4.69) is 15.3 Å². The molecule has 2 N–H and O–H groups in total. The first-order chi connectivity index (χ1) is 13.8. The molecule has 0 radical (unpaired) electrons. The van der Waals surface area contributed by atoms with Crippen LogP contribution in [0.15, 0.2) is 30.6 Å². The molecule has 1 saturated heterocycles. The van der Waals surface area contributed by atoms with E-state index in [-0.39, 0.29) is 23.9 Å². The molecule has 2 heterocycles. The van der Waals surface area contributed by atoms with Crippen LogP contribution in [0, 0.1) is 10.1 Å². The van der Waals surface area contributed by atoms with Gasteiger partial charge in [-0.1, -0.05) is 12.1 Å². The molecule has 1 fully saturated rings. The molecule has 1 aliphatic rings. The van der Waals surface area contributed by atoms with Crippen LogP contribution < -0.4 is 10.2 Å². The Morgan fingerprint density at radius 2 is 1.86 bits per heavy atom. The molecule has 3 rings (SSSR count). The minimum atomic E-state index is -4.63. The molecule has 0 atom stereocenters. The summed E-state index contributed by atoms with van der Waals surface area (Å²) < 4.78 is 39.7. The van der Waals surface area contributed by atoms with Crippen molar-refractivity contribution in [2.45, 2.75) is 6.18 Å². The molecule has 1 aromatic carbocycles. The number of β-amino-alcohol motifs (C(OH)–C–C–N with tert-alkyl or cyclic N) is 1. The van der Waals surface area contributed by atoms with Gasteiger partial charge in [-0.3, -0.25) is 15.0 Å². The van der Waals surface area contributed by atoms with Gasteiger partial charge in [0.25, 0.3) is 0 Å². The second-order valence-electron chi connectivity index (χ2n) is 6.37. The molecular formula is C17H19F3N6O3. The molecule has 156 valence electrons. The lowest BCUT2D eigenvalue weighted by Gasteiger charge is -2.34. The summed E-state index contributed by atoms with van der Waals surface area (Å²) in [5.41, 5.74) is -1.77. The molecule has 29 heavy (non-hydrogen) atoms. The van der Waals surface area contributed by atoms with E-state index in [1.165, 1.54) is 18.2 Å². The number of anilines is 3. The molecule has 12 heteroatoms. The first kappa shape index (κ1) is 20.7. The molecule has 0 amide bonds. The van der Waals surface area contributed by atoms with Crippen molar-refractivity contribution in [3.8, 4) is 0 Å². The van der Waals surface area contributed by atoms with E-state index in [1.54, 1.807) is 4.90 Å². The topological polar surface area (TPSA) is 108 Å². The predicted molar refractivity (Wildman–Crippen MR) is 99.2 cm³/mol. The van der Waals surface area contributed by atoms with Gasteiger partial charge in [-0.25, -0.2) is 9.97 Å². The Labute approximate surface area is 163 Å². The molecule has 2 aromatic rings. The summed E-state index contributed by atoms with van der Waals surface area (Å²) in [4.78, 5) is 22.5. The predicted octanol–water partition coefficient (Wildman–Crippen LogP) is 2.26. The van der Waals surface area contributed by atoms with Crippen LogP contribution in [0.4, 0.5) is 36.2 Å². The number of nitro groups is 1. The van der Waals surface area contributed by atoms with Crippen molar-refractivity contribution in [2.24, 2.45) is 0 Å². The summed E-state index contributed by atoms with van der Waals surface area (Å²) in [5, 5.41) is 23.2. The SMILES string of the molecule is O=[N+]([O-])c1c(Nc2ccccc2C(F)(F)F)ncnc1N1CCN(CCO)CC1. The van der Waals surface area contributed by atoms with Crippen molar-refractivity contribution in [3.05, 3.63) is 46.3 Å². The number of hydrogen-bond acceptors (Lipinski definition) is 8. The third-order valence-corrected chi connectivity index (χ3v) is 4.56. The Balaban J connectivity index is 1.92. The van der Waals surface area contributed by atoms with Crippen LogP contribution in [0.3, 0.4) is 0 Å². The van der Waals surface area contributed by atoms with Crippen molar-refractivity contribution in [1.29, 1.82) is 0 Å². The Hall–Kier alpha value is -2.99. The minimum Gasteiger partial charge on any atom is -0.395 e. The lowest BCUT2D eigenvalue weighted by molar-refractivity contribution is -0.383. The van der Waals surface area contributed by atoms with Crippen molar-refractivity contribution in [3.63, 3.8) is 0 Å². The van der Waals surface area contributed by atoms with Crippen LogP contribution in [0.5, 0.6) is 0 Å². The number of rotatable bonds is 6. The number of alkyl halides is 3. The van der Waals surface area contributed by atoms with Gasteiger partial charge < -0.3 is 15.3 Å². The highest BCUT2D eigenvalue weighted by Gasteiger charge is 2.35. The molecule has 0 unspecified atom stereocenters. The summed E-state index contributed by atoms with van der Waals surface area (Å²) in [6.45, 7) is 2.51. The van der Waals surface area contributed by atoms with Gasteiger partial charge in [0.05, 0.1) is 22.8 Å². The number of piperazine rings is 1. The van der Waals surface area contributed by atoms with Crippen LogP contribution >= 0.6 is 0 Å². The summed E-state index contributed by atoms with van der Waals surface area (Å²) in [6.07, 6.45) is -3.54. The van der Waals surface area contributed by atoms with Gasteiger partial charge in [0.1, 0.15) is 6.33 Å². The fraction of sp³-hybridized carbons (Fsp3) is 0.412. The van der Waals surface area contributed by atoms with Gasteiger partial charge in [-0.15, -0.1) is 0 Å². The van der Waals surface area contributed by atoms with E-state index >= 15 is 0 Å². The van der Waals surface area contributed by atoms with Crippen molar-refractivity contribution in [2.75, 3.05) is 49.5 Å². The highest BCUT2D eigenvalue weighted by molar-refractivity contribution is 5.75. The quantitative estimate of drug-likeness (QED) is 0.550. The molecule has 0 spiro atoms. The first-order valence-electron chi connectivity index (χ1n) is 8.82. The largest absolute Gasteiger partial charge is 0.418 e. The van der Waals surface area contributed by atoms with Gasteiger partial charge in [0.15, 0.2) is 0 Å². The number of benzene rings is 1. The number of aliphatic hydroxyl groups is 1. The second kappa shape index (κ2) is 8.57. The Morgan fingerprint density at radius 1 is 1.17 bits per heavy atom. The standard InChI is InChI=1S/C17H19F3N6O3/c18-17(19,20)12-3-1-2-4-13(12)23-15-14(26(28)29)16(22-11-21-15)25-7-5-24(6-8-25)9-10-27/h1-4,11,27H,5-10H2,(H,21,22,23). The van der Waals surface area contributed by atoms with E-state index in [9.17, 15) is 23.3 Å². The maximum Gasteiger partial charge on any atom is 0.418 e. The maximum absolute atomic E-state index is 13.2. The smallest absolute Gasteiger partial charge is 0.395 e. The molecule has 0 saturated carbocycles. The lowest BCUT2D eigenvalue weighted by Crippen LogP contribution is -2.47. The average Bonchev–Trinajstić information content (AvgIpc) is 2.68. The molecular weight excluding hydrogens is 393 g/mol. The van der Waals surface area contributed by atoms with E-state index < -0.39 is 22.4 Å². The molecule has 1 aliphatic heterocycles. The first-order valence-corrected chi connectivity index (χ1v) is 8.82. The van der Waals surface area contributed by atoms with Gasteiger partial charge in [0, 0.05) is 32.7 Å². The zero-order valence-electron chi connectivity index (χ0n) is 15.3. The number of para-hydroxylation sites is 1. The normalized spacial score (nSPS) is 15.4. The van der Waals surface area contributed by atoms with Gasteiger partial charge in [0.2, 0.25) is 11.6 Å². The summed E-state index contributed by atoms with van der Waals surface area (Å²) in [7, 11) is 0. The van der Waals surface area contributed by atoms with Crippen LogP contribution in [-0.2, 0) is 6.18 Å². The van der Waals surface area contributed by atoms with Crippen LogP contribution in [0.1, 0.15) is 5.56 Å². The third-order valence-electron chi connectivity index (χ3n) is 4.56.